The van der Waals surface area contributed by atoms with Crippen LogP contribution in [0.5, 0.6) is 23.0 Å². The zero-order valence-corrected chi connectivity index (χ0v) is 17.1. The van der Waals surface area contributed by atoms with Crippen LogP contribution in [0.4, 0.5) is 4.39 Å². The van der Waals surface area contributed by atoms with Crippen LogP contribution in [0.1, 0.15) is 35.4 Å². The van der Waals surface area contributed by atoms with Crippen LogP contribution in [0.25, 0.3) is 0 Å². The molecule has 7 heteroatoms. The molecule has 0 saturated heterocycles. The summed E-state index contributed by atoms with van der Waals surface area (Å²) < 4.78 is 30.7. The lowest BCUT2D eigenvalue weighted by Crippen LogP contribution is -2.33. The standard InChI is InChI=1S/C24H21FN2O4/c1-29-16-10-11-21(28)18(12-16)19-13-20-17-4-3-5-22(30-2)23(17)31-24(27(20)26-19)14-6-8-15(25)9-7-14/h3-12,20,24,28H,13H2,1-2H3/t20-,24-/m0/s1. The van der Waals surface area contributed by atoms with Crippen LogP contribution in [0, 0.1) is 5.82 Å². The van der Waals surface area contributed by atoms with Gasteiger partial charge in [-0.25, -0.2) is 9.40 Å². The van der Waals surface area contributed by atoms with Crippen molar-refractivity contribution in [3.63, 3.8) is 0 Å². The van der Waals surface area contributed by atoms with Crippen molar-refractivity contribution in [2.24, 2.45) is 5.10 Å². The van der Waals surface area contributed by atoms with Gasteiger partial charge in [0.1, 0.15) is 17.3 Å². The van der Waals surface area contributed by atoms with E-state index in [1.165, 1.54) is 12.1 Å². The lowest BCUT2D eigenvalue weighted by Gasteiger charge is -2.38. The number of aromatic hydroxyl groups is 1. The van der Waals surface area contributed by atoms with Crippen molar-refractivity contribution in [2.45, 2.75) is 18.7 Å². The van der Waals surface area contributed by atoms with E-state index in [-0.39, 0.29) is 17.6 Å². The minimum Gasteiger partial charge on any atom is -0.507 e. The second kappa shape index (κ2) is 7.50. The third-order valence-corrected chi connectivity index (χ3v) is 5.67. The number of rotatable bonds is 4. The van der Waals surface area contributed by atoms with E-state index < -0.39 is 6.23 Å². The molecular weight excluding hydrogens is 399 g/mol. The first-order chi connectivity index (χ1) is 15.1. The number of methoxy groups -OCH3 is 2. The Hall–Kier alpha value is -3.74. The van der Waals surface area contributed by atoms with Gasteiger partial charge >= 0.3 is 0 Å². The van der Waals surface area contributed by atoms with Crippen LogP contribution < -0.4 is 14.2 Å². The van der Waals surface area contributed by atoms with Crippen LogP contribution in [0.2, 0.25) is 0 Å². The Balaban J connectivity index is 1.63. The smallest absolute Gasteiger partial charge is 0.214 e. The van der Waals surface area contributed by atoms with Gasteiger partial charge in [0.25, 0.3) is 0 Å². The Morgan fingerprint density at radius 2 is 1.87 bits per heavy atom. The predicted octanol–water partition coefficient (Wildman–Crippen LogP) is 4.79. The Bertz CT molecular complexity index is 1160. The lowest BCUT2D eigenvalue weighted by molar-refractivity contribution is -0.0209. The van der Waals surface area contributed by atoms with Gasteiger partial charge in [-0.15, -0.1) is 0 Å². The van der Waals surface area contributed by atoms with E-state index in [4.69, 9.17) is 19.3 Å². The molecular formula is C24H21FN2O4. The highest BCUT2D eigenvalue weighted by atomic mass is 19.1. The molecule has 2 aliphatic rings. The first kappa shape index (κ1) is 19.2. The van der Waals surface area contributed by atoms with Gasteiger partial charge in [-0.1, -0.05) is 24.3 Å². The summed E-state index contributed by atoms with van der Waals surface area (Å²) in [6, 6.07) is 16.9. The van der Waals surface area contributed by atoms with Crippen molar-refractivity contribution in [1.82, 2.24) is 5.01 Å². The zero-order chi connectivity index (χ0) is 21.5. The molecule has 2 heterocycles. The summed E-state index contributed by atoms with van der Waals surface area (Å²) in [7, 11) is 3.18. The van der Waals surface area contributed by atoms with Gasteiger partial charge in [0.15, 0.2) is 11.5 Å². The van der Waals surface area contributed by atoms with Crippen LogP contribution in [0.15, 0.2) is 65.8 Å². The average Bonchev–Trinajstić information content (AvgIpc) is 3.24. The lowest BCUT2D eigenvalue weighted by atomic mass is 9.95. The Morgan fingerprint density at radius 3 is 2.61 bits per heavy atom. The van der Waals surface area contributed by atoms with E-state index in [0.29, 0.717) is 34.9 Å². The molecule has 0 aromatic heterocycles. The van der Waals surface area contributed by atoms with Gasteiger partial charge in [0.2, 0.25) is 6.23 Å². The fourth-order valence-corrected chi connectivity index (χ4v) is 4.13. The fraction of sp³-hybridized carbons (Fsp3) is 0.208. The van der Waals surface area contributed by atoms with Crippen molar-refractivity contribution in [2.75, 3.05) is 14.2 Å². The number of hydrogen-bond acceptors (Lipinski definition) is 6. The maximum absolute atomic E-state index is 13.5. The van der Waals surface area contributed by atoms with Gasteiger partial charge in [-0.3, -0.25) is 0 Å². The SMILES string of the molecule is COc1ccc(O)c(C2=NN3[C@@H](C2)c2cccc(OC)c2O[C@H]3c2ccc(F)cc2)c1. The van der Waals surface area contributed by atoms with Gasteiger partial charge in [-0.05, 0) is 36.4 Å². The number of ether oxygens (including phenoxy) is 3. The van der Waals surface area contributed by atoms with Gasteiger partial charge in [-0.2, -0.15) is 5.10 Å². The minimum absolute atomic E-state index is 0.129. The summed E-state index contributed by atoms with van der Waals surface area (Å²) in [5.41, 5.74) is 3.03. The topological polar surface area (TPSA) is 63.5 Å². The quantitative estimate of drug-likeness (QED) is 0.658. The number of phenolic OH excluding ortho intramolecular Hbond substituents is 1. The van der Waals surface area contributed by atoms with E-state index in [2.05, 4.69) is 0 Å². The van der Waals surface area contributed by atoms with E-state index in [9.17, 15) is 9.50 Å². The third kappa shape index (κ3) is 3.22. The molecule has 2 aliphatic heterocycles. The monoisotopic (exact) mass is 420 g/mol. The largest absolute Gasteiger partial charge is 0.507 e. The molecule has 0 aliphatic carbocycles. The van der Waals surface area contributed by atoms with Crippen molar-refractivity contribution in [3.8, 4) is 23.0 Å². The molecule has 0 amide bonds. The van der Waals surface area contributed by atoms with Crippen molar-refractivity contribution in [1.29, 1.82) is 0 Å². The highest BCUT2D eigenvalue weighted by Gasteiger charge is 2.42. The zero-order valence-electron chi connectivity index (χ0n) is 17.1. The van der Waals surface area contributed by atoms with Gasteiger partial charge in [0, 0.05) is 23.1 Å². The molecule has 0 fully saturated rings. The summed E-state index contributed by atoms with van der Waals surface area (Å²) in [4.78, 5) is 0. The minimum atomic E-state index is -0.570. The second-order valence-electron chi connectivity index (χ2n) is 7.43. The number of nitrogens with zero attached hydrogens (tertiary/aromatic N) is 2. The molecule has 0 spiro atoms. The molecule has 158 valence electrons. The van der Waals surface area contributed by atoms with Crippen LogP contribution in [-0.2, 0) is 0 Å². The Labute approximate surface area is 179 Å². The first-order valence-electron chi connectivity index (χ1n) is 9.91. The second-order valence-corrected chi connectivity index (χ2v) is 7.43. The molecule has 3 aromatic carbocycles. The molecule has 5 rings (SSSR count). The van der Waals surface area contributed by atoms with Crippen LogP contribution in [-0.4, -0.2) is 30.0 Å². The molecule has 0 saturated carbocycles. The normalized spacial score (nSPS) is 19.2. The van der Waals surface area contributed by atoms with Crippen molar-refractivity contribution in [3.05, 3.63) is 83.2 Å². The highest BCUT2D eigenvalue weighted by Crippen LogP contribution is 2.51. The number of hydrogen-bond donors (Lipinski definition) is 1. The average molecular weight is 420 g/mol. The molecule has 0 bridgehead atoms. The molecule has 0 radical (unpaired) electrons. The maximum Gasteiger partial charge on any atom is 0.214 e. The third-order valence-electron chi connectivity index (χ3n) is 5.67. The highest BCUT2D eigenvalue weighted by molar-refractivity contribution is 6.04. The Morgan fingerprint density at radius 1 is 1.06 bits per heavy atom. The molecule has 1 N–H and O–H groups in total. The summed E-state index contributed by atoms with van der Waals surface area (Å²) in [5.74, 6) is 1.72. The Kier molecular flexibility index (Phi) is 4.66. The number of halogens is 1. The summed E-state index contributed by atoms with van der Waals surface area (Å²) in [5, 5.41) is 17.2. The number of benzene rings is 3. The van der Waals surface area contributed by atoms with Gasteiger partial charge < -0.3 is 19.3 Å². The van der Waals surface area contributed by atoms with Crippen LogP contribution in [0.3, 0.4) is 0 Å². The molecule has 0 unspecified atom stereocenters. The number of para-hydroxylation sites is 1. The molecule has 6 nitrogen and oxygen atoms in total. The number of phenols is 1. The number of hydrazone groups is 1. The van der Waals surface area contributed by atoms with Gasteiger partial charge in [0.05, 0.1) is 26.0 Å². The summed E-state index contributed by atoms with van der Waals surface area (Å²) >= 11 is 0. The van der Waals surface area contributed by atoms with Crippen molar-refractivity contribution >= 4 is 5.71 Å². The summed E-state index contributed by atoms with van der Waals surface area (Å²) in [6.07, 6.45) is -0.0123. The summed E-state index contributed by atoms with van der Waals surface area (Å²) in [6.45, 7) is 0. The van der Waals surface area contributed by atoms with Crippen LogP contribution >= 0.6 is 0 Å². The van der Waals surface area contributed by atoms with E-state index in [0.717, 1.165) is 11.1 Å². The van der Waals surface area contributed by atoms with E-state index in [1.54, 1.807) is 44.6 Å². The fourth-order valence-electron chi connectivity index (χ4n) is 4.13. The predicted molar refractivity (Wildman–Crippen MR) is 113 cm³/mol. The molecule has 31 heavy (non-hydrogen) atoms. The number of fused-ring (bicyclic) bond motifs is 3. The van der Waals surface area contributed by atoms with E-state index >= 15 is 0 Å². The molecule has 3 aromatic rings. The molecule has 2 atom stereocenters. The maximum atomic E-state index is 13.5. The first-order valence-corrected chi connectivity index (χ1v) is 9.91. The van der Waals surface area contributed by atoms with Crippen molar-refractivity contribution < 1.29 is 23.7 Å². The van der Waals surface area contributed by atoms with E-state index in [1.807, 2.05) is 23.2 Å².